The third kappa shape index (κ3) is 5.73. The molecule has 0 spiro atoms. The fraction of sp³-hybridized carbons (Fsp3) is 0.176. The molecular weight excluding hydrogens is 376 g/mol. The zero-order valence-corrected chi connectivity index (χ0v) is 15.2. The molecule has 0 aromatic heterocycles. The zero-order chi connectivity index (χ0) is 16.7. The number of carbonyl (C=O) groups is 1. The highest BCUT2D eigenvalue weighted by molar-refractivity contribution is 9.10. The second-order valence-electron chi connectivity index (χ2n) is 4.72. The third-order valence-electron chi connectivity index (χ3n) is 2.98. The van der Waals surface area contributed by atoms with E-state index in [1.165, 1.54) is 4.90 Å². The Hall–Kier alpha value is -1.79. The fourth-order valence-corrected chi connectivity index (χ4v) is 2.54. The van der Waals surface area contributed by atoms with Crippen molar-refractivity contribution >= 4 is 39.8 Å². The lowest BCUT2D eigenvalue weighted by Gasteiger charge is -2.12. The molecule has 120 valence electrons. The molecule has 0 aliphatic carbocycles. The number of ether oxygens (including phenoxy) is 1. The van der Waals surface area contributed by atoms with Crippen LogP contribution in [0, 0.1) is 0 Å². The van der Waals surface area contributed by atoms with E-state index in [-0.39, 0.29) is 5.91 Å². The molecule has 6 heteroatoms. The van der Waals surface area contributed by atoms with Crippen molar-refractivity contribution < 1.29 is 9.53 Å². The Balaban J connectivity index is 1.86. The second-order valence-corrected chi connectivity index (χ2v) is 6.52. The smallest absolute Gasteiger partial charge is 0.280 e. The SMILES string of the molecule is CSc1ccc(/C=N\NC(=O)[C@@H](C)Oc2cccc(Br)c2)cc1. The van der Waals surface area contributed by atoms with Gasteiger partial charge in [-0.25, -0.2) is 5.43 Å². The summed E-state index contributed by atoms with van der Waals surface area (Å²) in [4.78, 5) is 13.1. The average Bonchev–Trinajstić information content (AvgIpc) is 2.55. The zero-order valence-electron chi connectivity index (χ0n) is 12.8. The van der Waals surface area contributed by atoms with Gasteiger partial charge in [0.25, 0.3) is 5.91 Å². The lowest BCUT2D eigenvalue weighted by molar-refractivity contribution is -0.127. The number of thioether (sulfide) groups is 1. The molecule has 1 amide bonds. The number of halogens is 1. The van der Waals surface area contributed by atoms with Gasteiger partial charge in [0.2, 0.25) is 0 Å². The standard InChI is InChI=1S/C17H17BrN2O2S/c1-12(22-15-5-3-4-14(18)10-15)17(21)20-19-11-13-6-8-16(23-2)9-7-13/h3-12H,1-2H3,(H,20,21)/b19-11-/t12-/m1/s1. The number of amides is 1. The van der Waals surface area contributed by atoms with E-state index in [0.717, 1.165) is 10.0 Å². The van der Waals surface area contributed by atoms with Gasteiger partial charge in [-0.1, -0.05) is 34.1 Å². The molecule has 0 aliphatic rings. The van der Waals surface area contributed by atoms with Crippen molar-refractivity contribution in [3.8, 4) is 5.75 Å². The molecule has 1 atom stereocenters. The van der Waals surface area contributed by atoms with Gasteiger partial charge in [0.05, 0.1) is 6.21 Å². The van der Waals surface area contributed by atoms with Crippen molar-refractivity contribution in [3.63, 3.8) is 0 Å². The van der Waals surface area contributed by atoms with E-state index in [2.05, 4.69) is 26.5 Å². The normalized spacial score (nSPS) is 12.1. The van der Waals surface area contributed by atoms with Crippen LogP contribution in [0.4, 0.5) is 0 Å². The van der Waals surface area contributed by atoms with E-state index in [9.17, 15) is 4.79 Å². The molecule has 0 fully saturated rings. The molecule has 2 aromatic rings. The Morgan fingerprint density at radius 3 is 2.70 bits per heavy atom. The van der Waals surface area contributed by atoms with E-state index in [4.69, 9.17) is 4.74 Å². The highest BCUT2D eigenvalue weighted by atomic mass is 79.9. The summed E-state index contributed by atoms with van der Waals surface area (Å²) in [5.41, 5.74) is 3.40. The first-order valence-electron chi connectivity index (χ1n) is 6.97. The van der Waals surface area contributed by atoms with Crippen LogP contribution in [0.2, 0.25) is 0 Å². The molecule has 0 aliphatic heterocycles. The molecule has 0 saturated carbocycles. The van der Waals surface area contributed by atoms with Gasteiger partial charge in [0, 0.05) is 9.37 Å². The summed E-state index contributed by atoms with van der Waals surface area (Å²) in [6, 6.07) is 15.3. The number of hydrogen-bond donors (Lipinski definition) is 1. The van der Waals surface area contributed by atoms with E-state index >= 15 is 0 Å². The van der Waals surface area contributed by atoms with Gasteiger partial charge in [-0.05, 0) is 49.1 Å². The molecular formula is C17H17BrN2O2S. The molecule has 1 N–H and O–H groups in total. The molecule has 4 nitrogen and oxygen atoms in total. The van der Waals surface area contributed by atoms with E-state index < -0.39 is 6.10 Å². The van der Waals surface area contributed by atoms with Crippen LogP contribution in [-0.4, -0.2) is 24.5 Å². The first-order valence-corrected chi connectivity index (χ1v) is 8.99. The highest BCUT2D eigenvalue weighted by Crippen LogP contribution is 2.18. The summed E-state index contributed by atoms with van der Waals surface area (Å²) in [5.74, 6) is 0.320. The summed E-state index contributed by atoms with van der Waals surface area (Å²) in [7, 11) is 0. The number of hydrazone groups is 1. The number of carbonyl (C=O) groups excluding carboxylic acids is 1. The maximum Gasteiger partial charge on any atom is 0.280 e. The molecule has 0 unspecified atom stereocenters. The quantitative estimate of drug-likeness (QED) is 0.457. The number of nitrogens with zero attached hydrogens (tertiary/aromatic N) is 1. The number of rotatable bonds is 6. The average molecular weight is 393 g/mol. The molecule has 23 heavy (non-hydrogen) atoms. The minimum Gasteiger partial charge on any atom is -0.481 e. The molecule has 0 heterocycles. The lowest BCUT2D eigenvalue weighted by Crippen LogP contribution is -2.33. The van der Waals surface area contributed by atoms with Crippen molar-refractivity contribution in [2.75, 3.05) is 6.26 Å². The summed E-state index contributed by atoms with van der Waals surface area (Å²) >= 11 is 5.04. The Kier molecular flexibility index (Phi) is 6.67. The van der Waals surface area contributed by atoms with Crippen LogP contribution in [0.15, 0.2) is 63.0 Å². The van der Waals surface area contributed by atoms with Crippen LogP contribution in [0.3, 0.4) is 0 Å². The third-order valence-corrected chi connectivity index (χ3v) is 4.22. The maximum absolute atomic E-state index is 12.0. The minimum atomic E-state index is -0.639. The first-order chi connectivity index (χ1) is 11.1. The topological polar surface area (TPSA) is 50.7 Å². The predicted molar refractivity (Wildman–Crippen MR) is 98.2 cm³/mol. The molecule has 2 rings (SSSR count). The van der Waals surface area contributed by atoms with Crippen LogP contribution in [0.1, 0.15) is 12.5 Å². The van der Waals surface area contributed by atoms with Crippen molar-refractivity contribution in [2.24, 2.45) is 5.10 Å². The van der Waals surface area contributed by atoms with Gasteiger partial charge in [0.15, 0.2) is 6.10 Å². The minimum absolute atomic E-state index is 0.304. The van der Waals surface area contributed by atoms with E-state index in [1.807, 2.05) is 42.7 Å². The summed E-state index contributed by atoms with van der Waals surface area (Å²) < 4.78 is 6.47. The Morgan fingerprint density at radius 2 is 2.04 bits per heavy atom. The van der Waals surface area contributed by atoms with Crippen LogP contribution in [0.5, 0.6) is 5.75 Å². The monoisotopic (exact) mass is 392 g/mol. The van der Waals surface area contributed by atoms with Gasteiger partial charge in [-0.2, -0.15) is 5.10 Å². The molecule has 0 saturated heterocycles. The predicted octanol–water partition coefficient (Wildman–Crippen LogP) is 4.09. The first kappa shape index (κ1) is 17.6. The Morgan fingerprint density at radius 1 is 1.30 bits per heavy atom. The highest BCUT2D eigenvalue weighted by Gasteiger charge is 2.13. The van der Waals surface area contributed by atoms with Gasteiger partial charge in [-0.15, -0.1) is 11.8 Å². The molecule has 0 radical (unpaired) electrons. The number of nitrogens with one attached hydrogen (secondary N) is 1. The van der Waals surface area contributed by atoms with Crippen LogP contribution >= 0.6 is 27.7 Å². The van der Waals surface area contributed by atoms with Gasteiger partial charge >= 0.3 is 0 Å². The van der Waals surface area contributed by atoms with Gasteiger partial charge in [0.1, 0.15) is 5.75 Å². The van der Waals surface area contributed by atoms with Crippen molar-refractivity contribution in [2.45, 2.75) is 17.9 Å². The largest absolute Gasteiger partial charge is 0.481 e. The number of benzene rings is 2. The fourth-order valence-electron chi connectivity index (χ4n) is 1.75. The van der Waals surface area contributed by atoms with E-state index in [1.54, 1.807) is 37.0 Å². The van der Waals surface area contributed by atoms with Crippen LogP contribution in [-0.2, 0) is 4.79 Å². The van der Waals surface area contributed by atoms with Crippen LogP contribution < -0.4 is 10.2 Å². The Labute approximate surface area is 148 Å². The maximum atomic E-state index is 12.0. The second kappa shape index (κ2) is 8.74. The van der Waals surface area contributed by atoms with E-state index in [0.29, 0.717) is 5.75 Å². The number of hydrogen-bond acceptors (Lipinski definition) is 4. The van der Waals surface area contributed by atoms with Gasteiger partial charge < -0.3 is 4.74 Å². The molecule has 0 bridgehead atoms. The van der Waals surface area contributed by atoms with Crippen molar-refractivity contribution in [3.05, 3.63) is 58.6 Å². The summed E-state index contributed by atoms with van der Waals surface area (Å²) in [6.45, 7) is 1.68. The lowest BCUT2D eigenvalue weighted by atomic mass is 10.2. The summed E-state index contributed by atoms with van der Waals surface area (Å²) in [5, 5.41) is 3.96. The van der Waals surface area contributed by atoms with Crippen molar-refractivity contribution in [1.29, 1.82) is 0 Å². The van der Waals surface area contributed by atoms with Crippen LogP contribution in [0.25, 0.3) is 0 Å². The summed E-state index contributed by atoms with van der Waals surface area (Å²) in [6.07, 6.45) is 2.99. The van der Waals surface area contributed by atoms with Gasteiger partial charge in [-0.3, -0.25) is 4.79 Å². The van der Waals surface area contributed by atoms with Crippen molar-refractivity contribution in [1.82, 2.24) is 5.43 Å². The molecule has 2 aromatic carbocycles. The Bertz CT molecular complexity index is 689.